The van der Waals surface area contributed by atoms with E-state index in [0.29, 0.717) is 17.9 Å². The predicted molar refractivity (Wildman–Crippen MR) is 115 cm³/mol. The summed E-state index contributed by atoms with van der Waals surface area (Å²) in [6.45, 7) is 1.75. The number of fused-ring (bicyclic) bond motifs is 1. The fourth-order valence-electron chi connectivity index (χ4n) is 4.38. The highest BCUT2D eigenvalue weighted by molar-refractivity contribution is 5.83. The lowest BCUT2D eigenvalue weighted by Crippen LogP contribution is -2.38. The van der Waals surface area contributed by atoms with Gasteiger partial charge >= 0.3 is 0 Å². The van der Waals surface area contributed by atoms with Crippen LogP contribution in [0.3, 0.4) is 0 Å². The molecular formula is C23H28N4O3. The van der Waals surface area contributed by atoms with Crippen molar-refractivity contribution in [1.29, 1.82) is 0 Å². The van der Waals surface area contributed by atoms with E-state index in [1.807, 2.05) is 24.4 Å². The Morgan fingerprint density at radius 1 is 1.27 bits per heavy atom. The second-order valence-corrected chi connectivity index (χ2v) is 8.09. The lowest BCUT2D eigenvalue weighted by Gasteiger charge is -2.28. The van der Waals surface area contributed by atoms with Crippen LogP contribution >= 0.6 is 0 Å². The molecule has 3 N–H and O–H groups in total. The first kappa shape index (κ1) is 20.3. The third-order valence-electron chi connectivity index (χ3n) is 6.03. The van der Waals surface area contributed by atoms with Crippen molar-refractivity contribution in [2.75, 3.05) is 7.11 Å². The number of para-hydroxylation sites is 1. The Morgan fingerprint density at radius 2 is 2.03 bits per heavy atom. The summed E-state index contributed by atoms with van der Waals surface area (Å²) in [5, 5.41) is 4.29. The normalized spacial score (nSPS) is 20.2. The molecule has 7 nitrogen and oxygen atoms in total. The first-order chi connectivity index (χ1) is 14.5. The Hall–Kier alpha value is -2.93. The number of ether oxygens (including phenoxy) is 1. The van der Waals surface area contributed by atoms with Crippen LogP contribution in [-0.2, 0) is 16.0 Å². The van der Waals surface area contributed by atoms with Gasteiger partial charge < -0.3 is 20.0 Å². The Labute approximate surface area is 175 Å². The van der Waals surface area contributed by atoms with Gasteiger partial charge in [0.2, 0.25) is 5.91 Å². The van der Waals surface area contributed by atoms with Crippen molar-refractivity contribution in [3.05, 3.63) is 64.0 Å². The molecule has 30 heavy (non-hydrogen) atoms. The molecule has 158 valence electrons. The minimum Gasteiger partial charge on any atom is -0.381 e. The van der Waals surface area contributed by atoms with Gasteiger partial charge in [-0.05, 0) is 44.2 Å². The molecule has 0 spiro atoms. The van der Waals surface area contributed by atoms with Crippen molar-refractivity contribution in [1.82, 2.24) is 20.3 Å². The average molecular weight is 409 g/mol. The van der Waals surface area contributed by atoms with Crippen molar-refractivity contribution in [3.8, 4) is 0 Å². The van der Waals surface area contributed by atoms with Gasteiger partial charge in [0.25, 0.3) is 5.56 Å². The zero-order valence-corrected chi connectivity index (χ0v) is 17.4. The van der Waals surface area contributed by atoms with Crippen LogP contribution in [-0.4, -0.2) is 34.1 Å². The van der Waals surface area contributed by atoms with Gasteiger partial charge in [-0.15, -0.1) is 0 Å². The zero-order valence-electron chi connectivity index (χ0n) is 17.4. The van der Waals surface area contributed by atoms with Gasteiger partial charge in [0.05, 0.1) is 17.8 Å². The third-order valence-corrected chi connectivity index (χ3v) is 6.03. The van der Waals surface area contributed by atoms with Crippen LogP contribution in [0.5, 0.6) is 0 Å². The molecule has 0 radical (unpaired) electrons. The zero-order chi connectivity index (χ0) is 21.1. The molecule has 2 aromatic heterocycles. The van der Waals surface area contributed by atoms with Crippen LogP contribution in [0.2, 0.25) is 0 Å². The molecule has 3 aromatic rings. The monoisotopic (exact) mass is 408 g/mol. The second kappa shape index (κ2) is 8.83. The molecule has 1 amide bonds. The summed E-state index contributed by atoms with van der Waals surface area (Å²) >= 11 is 0. The van der Waals surface area contributed by atoms with E-state index < -0.39 is 0 Å². The summed E-state index contributed by atoms with van der Waals surface area (Å²) in [5.41, 5.74) is 2.50. The number of nitrogens with zero attached hydrogens (tertiary/aromatic N) is 1. The maximum Gasteiger partial charge on any atom is 0.251 e. The minimum atomic E-state index is -0.377. The molecule has 1 aromatic carbocycles. The van der Waals surface area contributed by atoms with E-state index in [1.165, 1.54) is 6.07 Å². The number of rotatable bonds is 6. The third kappa shape index (κ3) is 4.46. The van der Waals surface area contributed by atoms with Crippen molar-refractivity contribution < 1.29 is 9.53 Å². The molecule has 2 heterocycles. The number of methoxy groups -OCH3 is 1. The van der Waals surface area contributed by atoms with Crippen LogP contribution in [0.25, 0.3) is 10.9 Å². The van der Waals surface area contributed by atoms with Gasteiger partial charge in [-0.2, -0.15) is 0 Å². The van der Waals surface area contributed by atoms with Gasteiger partial charge in [-0.1, -0.05) is 18.2 Å². The number of hydrogen-bond acceptors (Lipinski definition) is 4. The van der Waals surface area contributed by atoms with Crippen LogP contribution < -0.4 is 10.9 Å². The standard InChI is InChI=1S/C23H28N4O3/c1-14-25-21(12-22(28)26-14)20(11-16-13-24-19-6-4-3-5-18(16)19)27-23(29)15-7-9-17(30-2)10-8-15/h3-6,12-13,15,17,20,24H,7-11H2,1-2H3,(H,27,29)(H,25,26,28)/t15?,17?,20-/m1/s1. The summed E-state index contributed by atoms with van der Waals surface area (Å²) in [6, 6.07) is 9.17. The fraction of sp³-hybridized carbons (Fsp3) is 0.435. The van der Waals surface area contributed by atoms with Gasteiger partial charge in [-0.25, -0.2) is 4.98 Å². The highest BCUT2D eigenvalue weighted by atomic mass is 16.5. The summed E-state index contributed by atoms with van der Waals surface area (Å²) in [5.74, 6) is 0.523. The number of hydrogen-bond donors (Lipinski definition) is 3. The van der Waals surface area contributed by atoms with E-state index in [0.717, 1.165) is 42.1 Å². The molecular weight excluding hydrogens is 380 g/mol. The molecule has 0 bridgehead atoms. The number of carbonyl (C=O) groups is 1. The SMILES string of the molecule is COC1CCC(C(=O)N[C@H](Cc2c[nH]c3ccccc23)c2cc(=O)[nH]c(C)n2)CC1. The van der Waals surface area contributed by atoms with Gasteiger partial charge in [-0.3, -0.25) is 9.59 Å². The van der Waals surface area contributed by atoms with Gasteiger partial charge in [0.1, 0.15) is 5.82 Å². The first-order valence-corrected chi connectivity index (χ1v) is 10.5. The van der Waals surface area contributed by atoms with E-state index in [2.05, 4.69) is 26.3 Å². The van der Waals surface area contributed by atoms with Crippen LogP contribution in [0.1, 0.15) is 48.8 Å². The van der Waals surface area contributed by atoms with Crippen LogP contribution in [0.4, 0.5) is 0 Å². The molecule has 0 aliphatic heterocycles. The number of aryl methyl sites for hydroxylation is 1. The average Bonchev–Trinajstić information content (AvgIpc) is 3.15. The topological polar surface area (TPSA) is 99.9 Å². The summed E-state index contributed by atoms with van der Waals surface area (Å²) in [7, 11) is 1.73. The van der Waals surface area contributed by atoms with Crippen molar-refractivity contribution in [2.45, 2.75) is 51.2 Å². The summed E-state index contributed by atoms with van der Waals surface area (Å²) in [6.07, 6.45) is 6.17. The molecule has 1 aliphatic rings. The molecule has 7 heteroatoms. The molecule has 0 unspecified atom stereocenters. The van der Waals surface area contributed by atoms with Crippen molar-refractivity contribution >= 4 is 16.8 Å². The van der Waals surface area contributed by atoms with E-state index in [4.69, 9.17) is 4.74 Å². The van der Waals surface area contributed by atoms with Crippen LogP contribution in [0.15, 0.2) is 41.3 Å². The quantitative estimate of drug-likeness (QED) is 0.583. The number of aromatic amines is 2. The van der Waals surface area contributed by atoms with Gasteiger partial charge in [0.15, 0.2) is 0 Å². The van der Waals surface area contributed by atoms with Crippen LogP contribution in [0, 0.1) is 12.8 Å². The Bertz CT molecular complexity index is 1080. The molecule has 1 saturated carbocycles. The number of H-pyrrole nitrogens is 2. The summed E-state index contributed by atoms with van der Waals surface area (Å²) in [4.78, 5) is 35.6. The number of carbonyl (C=O) groups excluding carboxylic acids is 1. The first-order valence-electron chi connectivity index (χ1n) is 10.5. The van der Waals surface area contributed by atoms with E-state index in [9.17, 15) is 9.59 Å². The molecule has 1 aliphatic carbocycles. The largest absolute Gasteiger partial charge is 0.381 e. The number of aromatic nitrogens is 3. The number of amides is 1. The number of nitrogens with one attached hydrogen (secondary N) is 3. The molecule has 1 atom stereocenters. The van der Waals surface area contributed by atoms with E-state index in [1.54, 1.807) is 14.0 Å². The molecule has 0 saturated heterocycles. The fourth-order valence-corrected chi connectivity index (χ4v) is 4.38. The Balaban J connectivity index is 1.59. The smallest absolute Gasteiger partial charge is 0.251 e. The lowest BCUT2D eigenvalue weighted by atomic mass is 9.86. The maximum atomic E-state index is 13.1. The minimum absolute atomic E-state index is 0.0223. The highest BCUT2D eigenvalue weighted by Crippen LogP contribution is 2.28. The van der Waals surface area contributed by atoms with E-state index >= 15 is 0 Å². The highest BCUT2D eigenvalue weighted by Gasteiger charge is 2.28. The summed E-state index contributed by atoms with van der Waals surface area (Å²) < 4.78 is 5.42. The lowest BCUT2D eigenvalue weighted by molar-refractivity contribution is -0.127. The molecule has 4 rings (SSSR count). The predicted octanol–water partition coefficient (Wildman–Crippen LogP) is 3.16. The van der Waals surface area contributed by atoms with E-state index in [-0.39, 0.29) is 29.5 Å². The maximum absolute atomic E-state index is 13.1. The Kier molecular flexibility index (Phi) is 5.99. The van der Waals surface area contributed by atoms with Crippen molar-refractivity contribution in [2.24, 2.45) is 5.92 Å². The van der Waals surface area contributed by atoms with Gasteiger partial charge in [0, 0.05) is 42.6 Å². The van der Waals surface area contributed by atoms with Crippen molar-refractivity contribution in [3.63, 3.8) is 0 Å². The second-order valence-electron chi connectivity index (χ2n) is 8.09. The number of benzene rings is 1. The molecule has 1 fully saturated rings. The Morgan fingerprint density at radius 3 is 2.77 bits per heavy atom.